The molecule has 0 aromatic heterocycles. The summed E-state index contributed by atoms with van der Waals surface area (Å²) in [6, 6.07) is 2.28. The van der Waals surface area contributed by atoms with Gasteiger partial charge in [-0.15, -0.1) is 0 Å². The van der Waals surface area contributed by atoms with E-state index in [2.05, 4.69) is 5.32 Å². The fourth-order valence-corrected chi connectivity index (χ4v) is 3.02. The van der Waals surface area contributed by atoms with Crippen molar-refractivity contribution in [3.05, 3.63) is 35.4 Å². The van der Waals surface area contributed by atoms with E-state index in [0.717, 1.165) is 12.1 Å². The van der Waals surface area contributed by atoms with Crippen molar-refractivity contribution in [3.63, 3.8) is 0 Å². The number of hydrogen-bond acceptors (Lipinski definition) is 3. The quantitative estimate of drug-likeness (QED) is 0.849. The molecular weight excluding hydrogens is 330 g/mol. The summed E-state index contributed by atoms with van der Waals surface area (Å²) >= 11 is 0. The molecule has 1 heterocycles. The van der Waals surface area contributed by atoms with Gasteiger partial charge in [-0.25, -0.2) is 8.78 Å². The highest BCUT2D eigenvalue weighted by Crippen LogP contribution is 2.22. The van der Waals surface area contributed by atoms with Crippen molar-refractivity contribution in [2.45, 2.75) is 39.3 Å². The molecule has 1 fully saturated rings. The molecule has 138 valence electrons. The first-order valence-electron chi connectivity index (χ1n) is 8.44. The molecule has 1 aromatic carbocycles. The number of amides is 2. The third kappa shape index (κ3) is 4.34. The maximum atomic E-state index is 13.8. The molecule has 3 atom stereocenters. The van der Waals surface area contributed by atoms with Crippen LogP contribution < -0.4 is 5.32 Å². The van der Waals surface area contributed by atoms with E-state index < -0.39 is 35.3 Å². The molecule has 1 aliphatic rings. The number of likely N-dealkylation sites (tertiary alicyclic amines) is 1. The zero-order chi connectivity index (χ0) is 18.7. The van der Waals surface area contributed by atoms with Gasteiger partial charge >= 0.3 is 0 Å². The van der Waals surface area contributed by atoms with E-state index in [1.165, 1.54) is 6.07 Å². The summed E-state index contributed by atoms with van der Waals surface area (Å²) in [7, 11) is 0. The van der Waals surface area contributed by atoms with Crippen molar-refractivity contribution in [2.75, 3.05) is 13.1 Å². The Morgan fingerprint density at radius 2 is 1.84 bits per heavy atom. The SMILES string of the molecule is CC(C)C(NC(=O)c1c(F)cccc1F)C(=O)N1CCC(C(C)O)C1. The molecule has 0 saturated carbocycles. The van der Waals surface area contributed by atoms with Crippen LogP contribution in [0.5, 0.6) is 0 Å². The van der Waals surface area contributed by atoms with Gasteiger partial charge < -0.3 is 15.3 Å². The summed E-state index contributed by atoms with van der Waals surface area (Å²) in [6.45, 7) is 6.08. The van der Waals surface area contributed by atoms with E-state index in [1.54, 1.807) is 25.7 Å². The predicted octanol–water partition coefficient (Wildman–Crippen LogP) is 1.95. The van der Waals surface area contributed by atoms with Gasteiger partial charge in [-0.3, -0.25) is 9.59 Å². The van der Waals surface area contributed by atoms with Crippen LogP contribution in [-0.4, -0.2) is 47.1 Å². The van der Waals surface area contributed by atoms with E-state index in [-0.39, 0.29) is 17.7 Å². The summed E-state index contributed by atoms with van der Waals surface area (Å²) in [6.07, 6.45) is 0.168. The standard InChI is InChI=1S/C18H24F2N2O3/c1-10(2)16(18(25)22-8-7-12(9-22)11(3)23)21-17(24)15-13(19)5-4-6-14(15)20/h4-6,10-12,16,23H,7-9H2,1-3H3,(H,21,24). The number of carbonyl (C=O) groups is 2. The number of aliphatic hydroxyl groups is 1. The Hall–Kier alpha value is -2.02. The lowest BCUT2D eigenvalue weighted by Crippen LogP contribution is -2.51. The van der Waals surface area contributed by atoms with E-state index >= 15 is 0 Å². The first-order chi connectivity index (χ1) is 11.7. The molecule has 0 bridgehead atoms. The van der Waals surface area contributed by atoms with E-state index in [9.17, 15) is 23.5 Å². The van der Waals surface area contributed by atoms with Crippen LogP contribution in [0, 0.1) is 23.5 Å². The van der Waals surface area contributed by atoms with Crippen molar-refractivity contribution in [3.8, 4) is 0 Å². The molecule has 2 N–H and O–H groups in total. The number of nitrogens with one attached hydrogen (secondary N) is 1. The van der Waals surface area contributed by atoms with Gasteiger partial charge in [0.05, 0.1) is 6.10 Å². The lowest BCUT2D eigenvalue weighted by atomic mass is 10.0. The normalized spacial score (nSPS) is 19.8. The van der Waals surface area contributed by atoms with Crippen LogP contribution in [0.4, 0.5) is 8.78 Å². The van der Waals surface area contributed by atoms with Gasteiger partial charge in [-0.05, 0) is 31.4 Å². The maximum absolute atomic E-state index is 13.8. The highest BCUT2D eigenvalue weighted by molar-refractivity contribution is 5.98. The van der Waals surface area contributed by atoms with Crippen molar-refractivity contribution < 1.29 is 23.5 Å². The largest absolute Gasteiger partial charge is 0.393 e. The first kappa shape index (κ1) is 19.3. The topological polar surface area (TPSA) is 69.6 Å². The Labute approximate surface area is 146 Å². The third-order valence-corrected chi connectivity index (χ3v) is 4.63. The van der Waals surface area contributed by atoms with Gasteiger partial charge in [0, 0.05) is 19.0 Å². The Morgan fingerprint density at radius 1 is 1.24 bits per heavy atom. The van der Waals surface area contributed by atoms with E-state index in [1.807, 2.05) is 0 Å². The molecule has 5 nitrogen and oxygen atoms in total. The summed E-state index contributed by atoms with van der Waals surface area (Å²) < 4.78 is 27.5. The lowest BCUT2D eigenvalue weighted by Gasteiger charge is -2.27. The Kier molecular flexibility index (Phi) is 6.11. The summed E-state index contributed by atoms with van der Waals surface area (Å²) in [5.74, 6) is -3.45. The minimum Gasteiger partial charge on any atom is -0.393 e. The summed E-state index contributed by atoms with van der Waals surface area (Å²) in [5.41, 5.74) is -0.691. The van der Waals surface area contributed by atoms with Crippen LogP contribution in [0.25, 0.3) is 0 Å². The van der Waals surface area contributed by atoms with Gasteiger partial charge in [-0.1, -0.05) is 19.9 Å². The summed E-state index contributed by atoms with van der Waals surface area (Å²) in [4.78, 5) is 26.6. The van der Waals surface area contributed by atoms with Gasteiger partial charge in [0.2, 0.25) is 5.91 Å². The van der Waals surface area contributed by atoms with Crippen molar-refractivity contribution in [2.24, 2.45) is 11.8 Å². The minimum atomic E-state index is -0.970. The highest BCUT2D eigenvalue weighted by atomic mass is 19.1. The van der Waals surface area contributed by atoms with Crippen LogP contribution >= 0.6 is 0 Å². The second kappa shape index (κ2) is 7.91. The van der Waals surface area contributed by atoms with Crippen LogP contribution in [-0.2, 0) is 4.79 Å². The smallest absolute Gasteiger partial charge is 0.257 e. The zero-order valence-electron chi connectivity index (χ0n) is 14.6. The highest BCUT2D eigenvalue weighted by Gasteiger charge is 2.35. The van der Waals surface area contributed by atoms with E-state index in [4.69, 9.17) is 0 Å². The van der Waals surface area contributed by atoms with Crippen molar-refractivity contribution >= 4 is 11.8 Å². The molecule has 0 aliphatic carbocycles. The van der Waals surface area contributed by atoms with Gasteiger partial charge in [0.1, 0.15) is 23.2 Å². The second-order valence-electron chi connectivity index (χ2n) is 6.87. The second-order valence-corrected chi connectivity index (χ2v) is 6.87. The fraction of sp³-hybridized carbons (Fsp3) is 0.556. The monoisotopic (exact) mass is 354 g/mol. The lowest BCUT2D eigenvalue weighted by molar-refractivity contribution is -0.133. The summed E-state index contributed by atoms with van der Waals surface area (Å²) in [5, 5.41) is 12.1. The van der Waals surface area contributed by atoms with Crippen LogP contribution in [0.2, 0.25) is 0 Å². The Bertz CT molecular complexity index is 629. The average molecular weight is 354 g/mol. The third-order valence-electron chi connectivity index (χ3n) is 4.63. The average Bonchev–Trinajstić information content (AvgIpc) is 3.01. The number of nitrogens with zero attached hydrogens (tertiary/aromatic N) is 1. The predicted molar refractivity (Wildman–Crippen MR) is 88.8 cm³/mol. The van der Waals surface area contributed by atoms with Gasteiger partial charge in [0.15, 0.2) is 0 Å². The van der Waals surface area contributed by atoms with E-state index in [0.29, 0.717) is 19.5 Å². The molecule has 0 radical (unpaired) electrons. The Balaban J connectivity index is 2.13. The molecule has 3 unspecified atom stereocenters. The molecule has 2 rings (SSSR count). The number of benzene rings is 1. The zero-order valence-corrected chi connectivity index (χ0v) is 14.6. The molecule has 1 aromatic rings. The van der Waals surface area contributed by atoms with Crippen molar-refractivity contribution in [1.82, 2.24) is 10.2 Å². The number of aliphatic hydroxyl groups excluding tert-OH is 1. The van der Waals surface area contributed by atoms with Gasteiger partial charge in [-0.2, -0.15) is 0 Å². The first-order valence-corrected chi connectivity index (χ1v) is 8.44. The number of halogens is 2. The molecule has 2 amide bonds. The van der Waals surface area contributed by atoms with Gasteiger partial charge in [0.25, 0.3) is 5.91 Å². The molecule has 7 heteroatoms. The fourth-order valence-electron chi connectivity index (χ4n) is 3.02. The molecule has 25 heavy (non-hydrogen) atoms. The molecule has 1 saturated heterocycles. The van der Waals surface area contributed by atoms with Crippen LogP contribution in [0.3, 0.4) is 0 Å². The van der Waals surface area contributed by atoms with Crippen molar-refractivity contribution in [1.29, 1.82) is 0 Å². The molecular formula is C18H24F2N2O3. The maximum Gasteiger partial charge on any atom is 0.257 e. The van der Waals surface area contributed by atoms with Crippen LogP contribution in [0.1, 0.15) is 37.6 Å². The molecule has 0 spiro atoms. The number of rotatable bonds is 5. The Morgan fingerprint density at radius 3 is 2.32 bits per heavy atom. The minimum absolute atomic E-state index is 0.00326. The number of hydrogen-bond donors (Lipinski definition) is 2. The molecule has 1 aliphatic heterocycles. The van der Waals surface area contributed by atoms with Crippen LogP contribution in [0.15, 0.2) is 18.2 Å². The number of carbonyl (C=O) groups excluding carboxylic acids is 2.